The molecule has 1 fully saturated rings. The number of hydrogen-bond acceptors (Lipinski definition) is 2. The molecule has 0 heterocycles. The third kappa shape index (κ3) is 5.38. The molecule has 1 aliphatic carbocycles. The number of hydrogen-bond donors (Lipinski definition) is 2. The van der Waals surface area contributed by atoms with Crippen molar-refractivity contribution in [2.24, 2.45) is 23.5 Å². The molecule has 3 atom stereocenters. The van der Waals surface area contributed by atoms with Crippen molar-refractivity contribution < 1.29 is 9.90 Å². The van der Waals surface area contributed by atoms with Gasteiger partial charge in [-0.05, 0) is 24.2 Å². The lowest BCUT2D eigenvalue weighted by molar-refractivity contribution is -0.137. The largest absolute Gasteiger partial charge is 0.481 e. The summed E-state index contributed by atoms with van der Waals surface area (Å²) in [5, 5.41) is 8.80. The van der Waals surface area contributed by atoms with Crippen LogP contribution in [0.4, 0.5) is 0 Å². The van der Waals surface area contributed by atoms with E-state index < -0.39 is 5.97 Å². The first kappa shape index (κ1) is 15.5. The lowest BCUT2D eigenvalue weighted by Gasteiger charge is -2.28. The van der Waals surface area contributed by atoms with Gasteiger partial charge in [-0.1, -0.05) is 52.4 Å². The topological polar surface area (TPSA) is 63.3 Å². The molecule has 0 amide bonds. The van der Waals surface area contributed by atoms with Crippen molar-refractivity contribution >= 4 is 5.97 Å². The monoisotopic (exact) mass is 255 g/mol. The van der Waals surface area contributed by atoms with Crippen molar-refractivity contribution in [1.82, 2.24) is 0 Å². The molecule has 3 nitrogen and oxygen atoms in total. The third-order valence-corrected chi connectivity index (χ3v) is 4.54. The molecule has 0 bridgehead atoms. The zero-order valence-electron chi connectivity index (χ0n) is 11.9. The Morgan fingerprint density at radius 3 is 2.56 bits per heavy atom. The molecule has 0 aliphatic heterocycles. The standard InChI is InChI=1S/C15H29NO2/c1-3-13(14(16)10-15(17)18)9-11(2)7-8-12-5-4-6-12/h11-14H,3-10,16H2,1-2H3,(H,17,18). The molecule has 0 aromatic carbocycles. The lowest BCUT2D eigenvalue weighted by Crippen LogP contribution is -2.33. The average Bonchev–Trinajstić information content (AvgIpc) is 2.22. The second-order valence-electron chi connectivity index (χ2n) is 6.15. The van der Waals surface area contributed by atoms with Gasteiger partial charge < -0.3 is 10.8 Å². The summed E-state index contributed by atoms with van der Waals surface area (Å²) >= 11 is 0. The SMILES string of the molecule is CCC(CC(C)CCC1CCC1)C(N)CC(=O)O. The fraction of sp³-hybridized carbons (Fsp3) is 0.933. The summed E-state index contributed by atoms with van der Waals surface area (Å²) in [7, 11) is 0. The van der Waals surface area contributed by atoms with Gasteiger partial charge in [-0.2, -0.15) is 0 Å². The van der Waals surface area contributed by atoms with E-state index in [0.29, 0.717) is 11.8 Å². The zero-order chi connectivity index (χ0) is 13.5. The summed E-state index contributed by atoms with van der Waals surface area (Å²) in [6.07, 6.45) is 9.06. The van der Waals surface area contributed by atoms with Crippen LogP contribution in [0.25, 0.3) is 0 Å². The van der Waals surface area contributed by atoms with E-state index in [4.69, 9.17) is 10.8 Å². The van der Waals surface area contributed by atoms with Crippen LogP contribution in [0, 0.1) is 17.8 Å². The first-order chi connectivity index (χ1) is 8.52. The Balaban J connectivity index is 2.24. The van der Waals surface area contributed by atoms with Gasteiger partial charge >= 0.3 is 5.97 Å². The van der Waals surface area contributed by atoms with Crippen LogP contribution in [0.3, 0.4) is 0 Å². The van der Waals surface area contributed by atoms with E-state index in [1.54, 1.807) is 0 Å². The Bertz CT molecular complexity index is 251. The molecule has 106 valence electrons. The van der Waals surface area contributed by atoms with E-state index in [2.05, 4.69) is 13.8 Å². The first-order valence-corrected chi connectivity index (χ1v) is 7.50. The molecule has 3 heteroatoms. The van der Waals surface area contributed by atoms with Gasteiger partial charge in [0.05, 0.1) is 6.42 Å². The van der Waals surface area contributed by atoms with Gasteiger partial charge in [0.25, 0.3) is 0 Å². The second kappa shape index (κ2) is 7.78. The predicted molar refractivity (Wildman–Crippen MR) is 74.4 cm³/mol. The van der Waals surface area contributed by atoms with Gasteiger partial charge in [-0.3, -0.25) is 4.79 Å². The molecule has 18 heavy (non-hydrogen) atoms. The molecule has 3 unspecified atom stereocenters. The van der Waals surface area contributed by atoms with E-state index in [-0.39, 0.29) is 12.5 Å². The number of carboxylic acid groups (broad SMARTS) is 1. The van der Waals surface area contributed by atoms with Crippen LogP contribution in [-0.4, -0.2) is 17.1 Å². The van der Waals surface area contributed by atoms with Crippen molar-refractivity contribution in [3.8, 4) is 0 Å². The predicted octanol–water partition coefficient (Wildman–Crippen LogP) is 3.42. The Hall–Kier alpha value is -0.570. The van der Waals surface area contributed by atoms with Crippen molar-refractivity contribution in [1.29, 1.82) is 0 Å². The molecule has 0 aromatic heterocycles. The van der Waals surface area contributed by atoms with E-state index in [9.17, 15) is 4.79 Å². The van der Waals surface area contributed by atoms with Crippen LogP contribution in [0.1, 0.15) is 65.2 Å². The Morgan fingerprint density at radius 2 is 2.11 bits per heavy atom. The van der Waals surface area contributed by atoms with E-state index >= 15 is 0 Å². The average molecular weight is 255 g/mol. The zero-order valence-corrected chi connectivity index (χ0v) is 11.9. The highest BCUT2D eigenvalue weighted by Crippen LogP contribution is 2.33. The summed E-state index contributed by atoms with van der Waals surface area (Å²) in [4.78, 5) is 10.7. The molecule has 1 rings (SSSR count). The lowest BCUT2D eigenvalue weighted by atomic mass is 9.78. The van der Waals surface area contributed by atoms with Crippen molar-refractivity contribution in [3.63, 3.8) is 0 Å². The molecule has 0 saturated heterocycles. The normalized spacial score (nSPS) is 21.1. The van der Waals surface area contributed by atoms with Gasteiger partial charge in [0.15, 0.2) is 0 Å². The van der Waals surface area contributed by atoms with Crippen LogP contribution < -0.4 is 5.73 Å². The number of carboxylic acids is 1. The van der Waals surface area contributed by atoms with Crippen molar-refractivity contribution in [2.45, 2.75) is 71.3 Å². The quantitative estimate of drug-likeness (QED) is 0.663. The number of carbonyl (C=O) groups is 1. The molecule has 1 saturated carbocycles. The summed E-state index contributed by atoms with van der Waals surface area (Å²) in [5.74, 6) is 1.23. The van der Waals surface area contributed by atoms with Gasteiger partial charge in [-0.25, -0.2) is 0 Å². The van der Waals surface area contributed by atoms with Gasteiger partial charge in [0.1, 0.15) is 0 Å². The number of nitrogens with two attached hydrogens (primary N) is 1. The Morgan fingerprint density at radius 1 is 1.44 bits per heavy atom. The highest BCUT2D eigenvalue weighted by Gasteiger charge is 2.22. The van der Waals surface area contributed by atoms with E-state index in [1.807, 2.05) is 0 Å². The maximum atomic E-state index is 10.7. The molecular weight excluding hydrogens is 226 g/mol. The second-order valence-corrected chi connectivity index (χ2v) is 6.15. The van der Waals surface area contributed by atoms with E-state index in [1.165, 1.54) is 32.1 Å². The minimum absolute atomic E-state index is 0.105. The maximum absolute atomic E-state index is 10.7. The Kier molecular flexibility index (Phi) is 6.69. The minimum Gasteiger partial charge on any atom is -0.481 e. The van der Waals surface area contributed by atoms with Gasteiger partial charge in [0, 0.05) is 6.04 Å². The molecule has 3 N–H and O–H groups in total. The third-order valence-electron chi connectivity index (χ3n) is 4.54. The fourth-order valence-electron chi connectivity index (χ4n) is 2.95. The molecular formula is C15H29NO2. The van der Waals surface area contributed by atoms with Crippen LogP contribution in [-0.2, 0) is 4.79 Å². The van der Waals surface area contributed by atoms with Gasteiger partial charge in [0.2, 0.25) is 0 Å². The first-order valence-electron chi connectivity index (χ1n) is 7.50. The van der Waals surface area contributed by atoms with Gasteiger partial charge in [-0.15, -0.1) is 0 Å². The summed E-state index contributed by atoms with van der Waals surface area (Å²) in [6.45, 7) is 4.40. The van der Waals surface area contributed by atoms with E-state index in [0.717, 1.165) is 18.8 Å². The minimum atomic E-state index is -0.775. The summed E-state index contributed by atoms with van der Waals surface area (Å²) in [6, 6.07) is -0.182. The van der Waals surface area contributed by atoms with Crippen LogP contribution >= 0.6 is 0 Å². The fourth-order valence-corrected chi connectivity index (χ4v) is 2.95. The smallest absolute Gasteiger partial charge is 0.304 e. The molecule has 0 radical (unpaired) electrons. The van der Waals surface area contributed by atoms with Crippen LogP contribution in [0.5, 0.6) is 0 Å². The van der Waals surface area contributed by atoms with Crippen molar-refractivity contribution in [3.05, 3.63) is 0 Å². The molecule has 0 spiro atoms. The maximum Gasteiger partial charge on any atom is 0.304 e. The molecule has 1 aliphatic rings. The number of aliphatic carboxylic acids is 1. The Labute approximate surface area is 111 Å². The van der Waals surface area contributed by atoms with Crippen LogP contribution in [0.2, 0.25) is 0 Å². The number of rotatable bonds is 9. The van der Waals surface area contributed by atoms with Crippen LogP contribution in [0.15, 0.2) is 0 Å². The molecule has 0 aromatic rings. The highest BCUT2D eigenvalue weighted by molar-refractivity contribution is 5.67. The summed E-state index contributed by atoms with van der Waals surface area (Å²) < 4.78 is 0. The summed E-state index contributed by atoms with van der Waals surface area (Å²) in [5.41, 5.74) is 5.99. The highest BCUT2D eigenvalue weighted by atomic mass is 16.4. The van der Waals surface area contributed by atoms with Crippen molar-refractivity contribution in [2.75, 3.05) is 0 Å².